The van der Waals surface area contributed by atoms with E-state index in [2.05, 4.69) is 6.07 Å². The number of hydrogen-bond acceptors (Lipinski definition) is 4. The fourth-order valence-corrected chi connectivity index (χ4v) is 3.15. The number of nitrogen functional groups attached to an aromatic ring is 1. The molecule has 0 radical (unpaired) electrons. The predicted molar refractivity (Wildman–Crippen MR) is 102 cm³/mol. The maximum atomic E-state index is 9.45. The zero-order valence-corrected chi connectivity index (χ0v) is 15.5. The molecule has 2 aromatic carbocycles. The molecule has 2 aromatic rings. The maximum Gasteiger partial charge on any atom is 0.496 e. The molecule has 0 bridgehead atoms. The van der Waals surface area contributed by atoms with Crippen molar-refractivity contribution in [3.8, 4) is 17.2 Å². The second-order valence-corrected chi connectivity index (χ2v) is 7.56. The van der Waals surface area contributed by atoms with Crippen LogP contribution in [0.2, 0.25) is 5.02 Å². The number of hydrogen-bond donors (Lipinski definition) is 1. The van der Waals surface area contributed by atoms with Gasteiger partial charge in [-0.1, -0.05) is 41.9 Å². The number of benzene rings is 2. The second-order valence-electron chi connectivity index (χ2n) is 7.18. The molecule has 0 aromatic heterocycles. The summed E-state index contributed by atoms with van der Waals surface area (Å²) in [5.74, 6) is 0. The highest BCUT2D eigenvalue weighted by Gasteiger charge is 2.52. The normalized spacial score (nSPS) is 18.2. The van der Waals surface area contributed by atoms with Crippen molar-refractivity contribution in [2.75, 3.05) is 5.73 Å². The van der Waals surface area contributed by atoms with Gasteiger partial charge in [0.2, 0.25) is 0 Å². The summed E-state index contributed by atoms with van der Waals surface area (Å²) in [7, 11) is -0.566. The van der Waals surface area contributed by atoms with Gasteiger partial charge in [-0.2, -0.15) is 5.26 Å². The van der Waals surface area contributed by atoms with E-state index in [4.69, 9.17) is 26.6 Å². The lowest BCUT2D eigenvalue weighted by Gasteiger charge is -2.32. The first kappa shape index (κ1) is 17.8. The van der Waals surface area contributed by atoms with Gasteiger partial charge in [0, 0.05) is 21.6 Å². The molecule has 3 rings (SSSR count). The predicted octanol–water partition coefficient (Wildman–Crippen LogP) is 3.76. The smallest absolute Gasteiger partial charge is 0.399 e. The van der Waals surface area contributed by atoms with E-state index in [1.807, 2.05) is 58.0 Å². The van der Waals surface area contributed by atoms with E-state index in [0.717, 1.165) is 11.0 Å². The van der Waals surface area contributed by atoms with Crippen LogP contribution in [0.4, 0.5) is 5.69 Å². The van der Waals surface area contributed by atoms with Crippen LogP contribution in [0.15, 0.2) is 36.4 Å². The van der Waals surface area contributed by atoms with E-state index in [-0.39, 0.29) is 0 Å². The molecule has 0 amide bonds. The minimum atomic E-state index is -0.566. The highest BCUT2D eigenvalue weighted by molar-refractivity contribution is 6.66. The number of halogens is 1. The van der Waals surface area contributed by atoms with E-state index in [9.17, 15) is 5.26 Å². The van der Waals surface area contributed by atoms with Crippen molar-refractivity contribution in [1.82, 2.24) is 0 Å². The molecule has 4 nitrogen and oxygen atoms in total. The van der Waals surface area contributed by atoms with Crippen molar-refractivity contribution in [2.24, 2.45) is 0 Å². The number of rotatable bonds is 2. The minimum absolute atomic E-state index is 0.412. The summed E-state index contributed by atoms with van der Waals surface area (Å²) in [5.41, 5.74) is 8.05. The number of anilines is 1. The van der Waals surface area contributed by atoms with E-state index in [0.29, 0.717) is 21.8 Å². The lowest BCUT2D eigenvalue weighted by molar-refractivity contribution is 0.00578. The Morgan fingerprint density at radius 3 is 2.16 bits per heavy atom. The van der Waals surface area contributed by atoms with Gasteiger partial charge in [0.25, 0.3) is 0 Å². The summed E-state index contributed by atoms with van der Waals surface area (Å²) in [4.78, 5) is 0. The Kier molecular flexibility index (Phi) is 4.32. The van der Waals surface area contributed by atoms with Crippen molar-refractivity contribution in [3.05, 3.63) is 47.0 Å². The molecule has 1 aliphatic heterocycles. The molecule has 6 heteroatoms. The van der Waals surface area contributed by atoms with Gasteiger partial charge in [-0.15, -0.1) is 0 Å². The molecular weight excluding hydrogens is 334 g/mol. The second kappa shape index (κ2) is 6.07. The highest BCUT2D eigenvalue weighted by atomic mass is 35.5. The van der Waals surface area contributed by atoms with Gasteiger partial charge in [-0.05, 0) is 33.8 Å². The Labute approximate surface area is 153 Å². The fraction of sp³-hybridized carbons (Fsp3) is 0.316. The third-order valence-electron chi connectivity index (χ3n) is 5.03. The Bertz CT molecular complexity index is 858. The van der Waals surface area contributed by atoms with Gasteiger partial charge in [0.05, 0.1) is 22.5 Å². The number of nitriles is 1. The molecular formula is C19H20BClN2O2. The van der Waals surface area contributed by atoms with Crippen LogP contribution in [0.25, 0.3) is 11.1 Å². The van der Waals surface area contributed by atoms with Crippen LogP contribution < -0.4 is 11.2 Å². The summed E-state index contributed by atoms with van der Waals surface area (Å²) in [6.07, 6.45) is 0. The molecule has 1 aliphatic rings. The van der Waals surface area contributed by atoms with Crippen molar-refractivity contribution >= 4 is 29.9 Å². The van der Waals surface area contributed by atoms with Gasteiger partial charge in [-0.3, -0.25) is 0 Å². The molecule has 0 spiro atoms. The SMILES string of the molecule is CC1(C)OB(c2cccc(-c3cccc(N)c3C#N)c2Cl)OC1(C)C. The first-order chi connectivity index (χ1) is 11.7. The Hall–Kier alpha value is -2.00. The third kappa shape index (κ3) is 2.91. The minimum Gasteiger partial charge on any atom is -0.399 e. The van der Waals surface area contributed by atoms with E-state index < -0.39 is 18.3 Å². The van der Waals surface area contributed by atoms with Crippen LogP contribution in [0.1, 0.15) is 33.3 Å². The quantitative estimate of drug-likeness (QED) is 0.658. The van der Waals surface area contributed by atoms with Crippen LogP contribution in [0, 0.1) is 11.3 Å². The molecule has 25 heavy (non-hydrogen) atoms. The highest BCUT2D eigenvalue weighted by Crippen LogP contribution is 2.38. The van der Waals surface area contributed by atoms with Crippen molar-refractivity contribution in [2.45, 2.75) is 38.9 Å². The summed E-state index contributed by atoms with van der Waals surface area (Å²) >= 11 is 6.68. The van der Waals surface area contributed by atoms with E-state index in [1.165, 1.54) is 0 Å². The van der Waals surface area contributed by atoms with E-state index >= 15 is 0 Å². The van der Waals surface area contributed by atoms with Crippen molar-refractivity contribution in [1.29, 1.82) is 5.26 Å². The van der Waals surface area contributed by atoms with Gasteiger partial charge >= 0.3 is 7.12 Å². The summed E-state index contributed by atoms with van der Waals surface area (Å²) in [6.45, 7) is 7.99. The zero-order chi connectivity index (χ0) is 18.4. The van der Waals surface area contributed by atoms with Crippen LogP contribution in [0.5, 0.6) is 0 Å². The van der Waals surface area contributed by atoms with Gasteiger partial charge in [0.1, 0.15) is 6.07 Å². The Balaban J connectivity index is 2.09. The molecule has 1 fully saturated rings. The average molecular weight is 355 g/mol. The molecule has 128 valence electrons. The molecule has 1 saturated heterocycles. The molecule has 0 aliphatic carbocycles. The lowest BCUT2D eigenvalue weighted by Crippen LogP contribution is -2.41. The monoisotopic (exact) mass is 354 g/mol. The van der Waals surface area contributed by atoms with Crippen LogP contribution in [-0.2, 0) is 9.31 Å². The summed E-state index contributed by atoms with van der Waals surface area (Å²) in [6, 6.07) is 13.1. The van der Waals surface area contributed by atoms with Crippen molar-refractivity contribution in [3.63, 3.8) is 0 Å². The average Bonchev–Trinajstić information content (AvgIpc) is 2.75. The molecule has 0 atom stereocenters. The van der Waals surface area contributed by atoms with Crippen molar-refractivity contribution < 1.29 is 9.31 Å². The van der Waals surface area contributed by atoms with Gasteiger partial charge in [-0.25, -0.2) is 0 Å². The fourth-order valence-electron chi connectivity index (χ4n) is 2.83. The molecule has 2 N–H and O–H groups in total. The van der Waals surface area contributed by atoms with Crippen LogP contribution in [0.3, 0.4) is 0 Å². The Morgan fingerprint density at radius 1 is 1.00 bits per heavy atom. The van der Waals surface area contributed by atoms with Crippen LogP contribution in [-0.4, -0.2) is 18.3 Å². The third-order valence-corrected chi connectivity index (χ3v) is 5.46. The summed E-state index contributed by atoms with van der Waals surface area (Å²) in [5, 5.41) is 9.95. The maximum absolute atomic E-state index is 9.45. The first-order valence-corrected chi connectivity index (χ1v) is 8.49. The number of nitrogens with zero attached hydrogens (tertiary/aromatic N) is 1. The largest absolute Gasteiger partial charge is 0.496 e. The van der Waals surface area contributed by atoms with E-state index in [1.54, 1.807) is 6.07 Å². The molecule has 0 saturated carbocycles. The Morgan fingerprint density at radius 2 is 1.56 bits per heavy atom. The number of nitrogens with two attached hydrogens (primary N) is 1. The molecule has 0 unspecified atom stereocenters. The van der Waals surface area contributed by atoms with Gasteiger partial charge < -0.3 is 15.0 Å². The standard InChI is InChI=1S/C19H20BClN2O2/c1-18(2)19(3,4)25-20(24-18)15-9-5-8-13(17(15)21)12-7-6-10-16(23)14(12)11-22/h5-10H,23H2,1-4H3. The van der Waals surface area contributed by atoms with Gasteiger partial charge in [0.15, 0.2) is 0 Å². The summed E-state index contributed by atoms with van der Waals surface area (Å²) < 4.78 is 12.2. The zero-order valence-electron chi connectivity index (χ0n) is 14.8. The topological polar surface area (TPSA) is 68.3 Å². The molecule has 1 heterocycles. The van der Waals surface area contributed by atoms with Crippen LogP contribution >= 0.6 is 11.6 Å². The first-order valence-electron chi connectivity index (χ1n) is 8.11. The lowest BCUT2D eigenvalue weighted by atomic mass is 9.77.